The second-order valence-electron chi connectivity index (χ2n) is 8.90. The van der Waals surface area contributed by atoms with E-state index in [0.29, 0.717) is 35.9 Å². The van der Waals surface area contributed by atoms with Crippen molar-refractivity contribution in [2.45, 2.75) is 46.3 Å². The Morgan fingerprint density at radius 2 is 2.06 bits per heavy atom. The standard InChI is InChI=1S/C23H32FN2O3S.U/c1-15(24)9-19(17(3)28-7)21-25-16(2)20(30-21)12-26-11-18(22(4,5)6)10-23(13-26,14-27)29-8;/h9,18H,1,3,10-13H2,2,4-8H3;/q-1;/b19-9+;/t18-,23+;/m1./s1. The van der Waals surface area contributed by atoms with Crippen molar-refractivity contribution in [2.24, 2.45) is 11.3 Å². The molecule has 2 atom stereocenters. The molecule has 0 saturated carbocycles. The Hall–Kier alpha value is -0.778. The van der Waals surface area contributed by atoms with Crippen LogP contribution in [0.5, 0.6) is 0 Å². The zero-order valence-electron chi connectivity index (χ0n) is 19.3. The fourth-order valence-corrected chi connectivity index (χ4v) is 4.79. The van der Waals surface area contributed by atoms with Crippen LogP contribution in [0.3, 0.4) is 0 Å². The van der Waals surface area contributed by atoms with Crippen LogP contribution >= 0.6 is 11.3 Å². The van der Waals surface area contributed by atoms with Crippen molar-refractivity contribution in [3.05, 3.63) is 46.4 Å². The van der Waals surface area contributed by atoms with Gasteiger partial charge in [-0.3, -0.25) is 4.90 Å². The molecule has 1 fully saturated rings. The van der Waals surface area contributed by atoms with Crippen LogP contribution in [0.4, 0.5) is 4.39 Å². The molecule has 1 aliphatic rings. The van der Waals surface area contributed by atoms with E-state index in [4.69, 9.17) is 9.47 Å². The van der Waals surface area contributed by atoms with Crippen molar-refractivity contribution in [1.82, 2.24) is 9.88 Å². The summed E-state index contributed by atoms with van der Waals surface area (Å²) >= 11 is 1.46. The molecule has 0 unspecified atom stereocenters. The Morgan fingerprint density at radius 3 is 2.55 bits per heavy atom. The molecule has 0 radical (unpaired) electrons. The minimum atomic E-state index is -0.932. The largest absolute Gasteiger partial charge is 0.539 e. The van der Waals surface area contributed by atoms with Gasteiger partial charge in [-0.2, -0.15) is 0 Å². The number of piperidine rings is 1. The zero-order chi connectivity index (χ0) is 22.7. The van der Waals surface area contributed by atoms with Gasteiger partial charge in [0.05, 0.1) is 18.4 Å². The van der Waals surface area contributed by atoms with E-state index in [1.807, 2.05) is 6.92 Å². The zero-order valence-corrected chi connectivity index (χ0v) is 24.3. The minimum absolute atomic E-state index is 0. The third-order valence-corrected chi connectivity index (χ3v) is 6.85. The van der Waals surface area contributed by atoms with E-state index in [-0.39, 0.29) is 42.4 Å². The number of halogens is 1. The molecule has 0 aromatic carbocycles. The van der Waals surface area contributed by atoms with E-state index < -0.39 is 11.4 Å². The second-order valence-corrected chi connectivity index (χ2v) is 9.98. The number of thiazole rings is 1. The first-order valence-electron chi connectivity index (χ1n) is 9.87. The predicted octanol–water partition coefficient (Wildman–Crippen LogP) is 4.84. The van der Waals surface area contributed by atoms with Crippen molar-refractivity contribution in [3.63, 3.8) is 0 Å². The third-order valence-electron chi connectivity index (χ3n) is 5.67. The summed E-state index contributed by atoms with van der Waals surface area (Å²) in [4.78, 5) is 19.7. The number of aromatic nitrogens is 1. The van der Waals surface area contributed by atoms with Gasteiger partial charge in [0.25, 0.3) is 0 Å². The number of nitrogens with zero attached hydrogens (tertiary/aromatic N) is 2. The number of aryl methyl sites for hydroxylation is 1. The van der Waals surface area contributed by atoms with Crippen LogP contribution in [-0.4, -0.2) is 49.1 Å². The van der Waals surface area contributed by atoms with Crippen LogP contribution < -0.4 is 0 Å². The molecule has 0 spiro atoms. The van der Waals surface area contributed by atoms with Gasteiger partial charge in [-0.25, -0.2) is 15.7 Å². The van der Waals surface area contributed by atoms with Crippen molar-refractivity contribution < 1.29 is 49.8 Å². The van der Waals surface area contributed by atoms with Crippen LogP contribution in [0, 0.1) is 49.4 Å². The van der Waals surface area contributed by atoms with Crippen LogP contribution in [0.15, 0.2) is 30.8 Å². The second kappa shape index (κ2) is 11.4. The van der Waals surface area contributed by atoms with Gasteiger partial charge >= 0.3 is 0 Å². The number of likely N-dealkylation sites (tertiary alicyclic amines) is 1. The van der Waals surface area contributed by atoms with E-state index in [2.05, 4.69) is 50.1 Å². The van der Waals surface area contributed by atoms with Crippen LogP contribution in [-0.2, 0) is 20.8 Å². The third kappa shape index (κ3) is 7.10. The van der Waals surface area contributed by atoms with Crippen molar-refractivity contribution in [2.75, 3.05) is 27.3 Å². The Morgan fingerprint density at radius 1 is 1.42 bits per heavy atom. The van der Waals surface area contributed by atoms with E-state index in [9.17, 15) is 9.18 Å². The molecular formula is C23H32FN2O3SU-. The molecule has 0 aliphatic carbocycles. The van der Waals surface area contributed by atoms with Gasteiger partial charge in [0, 0.05) is 62.7 Å². The van der Waals surface area contributed by atoms with Crippen molar-refractivity contribution >= 4 is 23.2 Å². The SMILES string of the molecule is C=C(F)/C=C(\C(=C)OC)c1nc(C)c(CN2C[C@H](C(C)(C)C)C[C@]([C-]=O)(OC)C2)s1.[U]. The van der Waals surface area contributed by atoms with E-state index in [1.54, 1.807) is 7.11 Å². The monoisotopic (exact) mass is 673 g/mol. The Bertz CT molecular complexity index is 846. The molecule has 8 heteroatoms. The molecule has 2 rings (SSSR count). The minimum Gasteiger partial charge on any atom is -0.539 e. The summed E-state index contributed by atoms with van der Waals surface area (Å²) in [6.07, 6.45) is 4.08. The number of hydrogen-bond acceptors (Lipinski definition) is 6. The van der Waals surface area contributed by atoms with Crippen LogP contribution in [0.2, 0.25) is 0 Å². The maximum Gasteiger partial charge on any atom is 0.127 e. The molecule has 0 bridgehead atoms. The fraction of sp³-hybridized carbons (Fsp3) is 0.565. The Labute approximate surface area is 213 Å². The smallest absolute Gasteiger partial charge is 0.127 e. The van der Waals surface area contributed by atoms with Gasteiger partial charge in [-0.05, 0) is 36.4 Å². The Balaban J connectivity index is 0.00000480. The summed E-state index contributed by atoms with van der Waals surface area (Å²) in [6.45, 7) is 17.5. The van der Waals surface area contributed by atoms with Gasteiger partial charge < -0.3 is 14.3 Å². The summed E-state index contributed by atoms with van der Waals surface area (Å²) in [7, 11) is 3.06. The van der Waals surface area contributed by atoms with E-state index >= 15 is 0 Å². The number of carbonyl (C=O) groups excluding carboxylic acids is 1. The van der Waals surface area contributed by atoms with Gasteiger partial charge in [-0.15, -0.1) is 11.3 Å². The topological polar surface area (TPSA) is 51.7 Å². The molecular weight excluding hydrogens is 641 g/mol. The molecule has 0 amide bonds. The van der Waals surface area contributed by atoms with E-state index in [1.165, 1.54) is 24.5 Å². The summed E-state index contributed by atoms with van der Waals surface area (Å²) in [6, 6.07) is 0. The van der Waals surface area contributed by atoms with Crippen LogP contribution in [0.1, 0.15) is 42.8 Å². The van der Waals surface area contributed by atoms with Crippen molar-refractivity contribution in [3.8, 4) is 0 Å². The fourth-order valence-electron chi connectivity index (χ4n) is 3.65. The first kappa shape index (κ1) is 28.3. The van der Waals surface area contributed by atoms with Gasteiger partial charge in [0.15, 0.2) is 0 Å². The molecule has 0 N–H and O–H groups in total. The average Bonchev–Trinajstić information content (AvgIpc) is 3.04. The summed E-state index contributed by atoms with van der Waals surface area (Å²) in [5, 5.41) is 0.623. The van der Waals surface area contributed by atoms with Crippen molar-refractivity contribution in [1.29, 1.82) is 0 Å². The number of ether oxygens (including phenoxy) is 2. The maximum absolute atomic E-state index is 13.5. The van der Waals surface area contributed by atoms with Gasteiger partial charge in [-0.1, -0.05) is 33.9 Å². The Kier molecular flexibility index (Phi) is 10.4. The first-order valence-corrected chi connectivity index (χ1v) is 10.7. The molecule has 1 aromatic heterocycles. The first-order chi connectivity index (χ1) is 13.9. The molecule has 1 aromatic rings. The predicted molar refractivity (Wildman–Crippen MR) is 119 cm³/mol. The number of allylic oxidation sites excluding steroid dienone is 3. The van der Waals surface area contributed by atoms with E-state index in [0.717, 1.165) is 17.1 Å². The quantitative estimate of drug-likeness (QED) is 0.225. The molecule has 1 saturated heterocycles. The number of methoxy groups -OCH3 is 2. The molecule has 170 valence electrons. The normalized spacial score (nSPS) is 22.5. The molecule has 1 aliphatic heterocycles. The summed E-state index contributed by atoms with van der Waals surface area (Å²) in [5.74, 6) is 0.0146. The average molecular weight is 674 g/mol. The van der Waals surface area contributed by atoms with Gasteiger partial charge in [0.2, 0.25) is 0 Å². The molecule has 31 heavy (non-hydrogen) atoms. The molecule has 5 nitrogen and oxygen atoms in total. The number of hydrogen-bond donors (Lipinski definition) is 0. The summed E-state index contributed by atoms with van der Waals surface area (Å²) < 4.78 is 24.3. The maximum atomic E-state index is 13.5. The van der Waals surface area contributed by atoms with Gasteiger partial charge in [0.1, 0.15) is 16.6 Å². The molecule has 2 heterocycles. The van der Waals surface area contributed by atoms with Crippen LogP contribution in [0.25, 0.3) is 5.57 Å². The summed E-state index contributed by atoms with van der Waals surface area (Å²) in [5.41, 5.74) is 0.424. The number of rotatable bonds is 8.